The number of likely N-dealkylation sites (tertiary alicyclic amines) is 1. The number of carbonyl (C=O) groups excluding carboxylic acids is 2. The Hall–Kier alpha value is -3.91. The van der Waals surface area contributed by atoms with Crippen LogP contribution in [-0.2, 0) is 14.3 Å². The summed E-state index contributed by atoms with van der Waals surface area (Å²) in [6.45, 7) is 6.47. The number of ketones is 1. The summed E-state index contributed by atoms with van der Waals surface area (Å²) in [6, 6.07) is 11.9. The number of Topliss-reactive ketones (excluding diaryl/α,β-unsaturated/α-hetero) is 1. The Morgan fingerprint density at radius 2 is 2.06 bits per heavy atom. The van der Waals surface area contributed by atoms with E-state index in [9.17, 15) is 14.7 Å². The van der Waals surface area contributed by atoms with Gasteiger partial charge in [-0.15, -0.1) is 0 Å². The van der Waals surface area contributed by atoms with Crippen molar-refractivity contribution in [2.45, 2.75) is 19.4 Å². The number of fused-ring (bicyclic) bond motifs is 1. The number of aromatic nitrogens is 2. The van der Waals surface area contributed by atoms with Gasteiger partial charge < -0.3 is 19.5 Å². The molecule has 8 heteroatoms. The first-order valence-corrected chi connectivity index (χ1v) is 11.0. The highest BCUT2D eigenvalue weighted by atomic mass is 16.5. The van der Waals surface area contributed by atoms with Crippen LogP contribution in [0.4, 0.5) is 0 Å². The highest BCUT2D eigenvalue weighted by molar-refractivity contribution is 6.46. The molecule has 0 aliphatic carbocycles. The summed E-state index contributed by atoms with van der Waals surface area (Å²) in [5.41, 5.74) is 2.25. The van der Waals surface area contributed by atoms with Gasteiger partial charge in [-0.2, -0.15) is 0 Å². The molecule has 34 heavy (non-hydrogen) atoms. The summed E-state index contributed by atoms with van der Waals surface area (Å²) in [6.07, 6.45) is 3.94. The molecule has 1 fully saturated rings. The summed E-state index contributed by atoms with van der Waals surface area (Å²) in [4.78, 5) is 32.3. The molecule has 0 spiro atoms. The average Bonchev–Trinajstić information content (AvgIpc) is 3.31. The summed E-state index contributed by atoms with van der Waals surface area (Å²) in [5.74, 6) is -1.08. The zero-order valence-electron chi connectivity index (χ0n) is 19.2. The molecule has 3 heterocycles. The van der Waals surface area contributed by atoms with Crippen molar-refractivity contribution in [3.63, 3.8) is 0 Å². The highest BCUT2D eigenvalue weighted by Crippen LogP contribution is 2.40. The average molecular weight is 462 g/mol. The first-order chi connectivity index (χ1) is 16.5. The molecule has 1 aliphatic rings. The van der Waals surface area contributed by atoms with Gasteiger partial charge in [-0.1, -0.05) is 30.9 Å². The van der Waals surface area contributed by atoms with Gasteiger partial charge in [0, 0.05) is 26.5 Å². The Labute approximate surface area is 197 Å². The van der Waals surface area contributed by atoms with Gasteiger partial charge in [-0.05, 0) is 43.2 Å². The number of aryl methyl sites for hydroxylation is 1. The second kappa shape index (κ2) is 9.93. The van der Waals surface area contributed by atoms with Crippen LogP contribution in [0, 0.1) is 6.92 Å². The molecule has 1 amide bonds. The minimum Gasteiger partial charge on any atom is -0.505 e. The predicted molar refractivity (Wildman–Crippen MR) is 128 cm³/mol. The lowest BCUT2D eigenvalue weighted by atomic mass is 9.96. The molecule has 1 atom stereocenters. The van der Waals surface area contributed by atoms with Crippen LogP contribution in [-0.4, -0.2) is 57.9 Å². The molecule has 1 unspecified atom stereocenters. The maximum Gasteiger partial charge on any atom is 0.295 e. The van der Waals surface area contributed by atoms with E-state index in [4.69, 9.17) is 9.47 Å². The van der Waals surface area contributed by atoms with Crippen LogP contribution in [0.15, 0.2) is 66.9 Å². The Morgan fingerprint density at radius 3 is 2.82 bits per heavy atom. The Kier molecular flexibility index (Phi) is 6.79. The summed E-state index contributed by atoms with van der Waals surface area (Å²) >= 11 is 0. The molecule has 0 bridgehead atoms. The van der Waals surface area contributed by atoms with Crippen molar-refractivity contribution in [2.75, 3.05) is 26.9 Å². The zero-order valence-corrected chi connectivity index (χ0v) is 19.2. The third-order valence-electron chi connectivity index (χ3n) is 5.76. The number of hydrogen-bond acceptors (Lipinski definition) is 6. The number of aliphatic hydroxyl groups excluding tert-OH is 1. The molecule has 0 saturated carbocycles. The Bertz CT molecular complexity index is 1280. The first kappa shape index (κ1) is 23.3. The number of aliphatic hydroxyl groups is 1. The van der Waals surface area contributed by atoms with Crippen molar-refractivity contribution in [2.24, 2.45) is 0 Å². The number of hydrogen-bond donors (Lipinski definition) is 1. The van der Waals surface area contributed by atoms with E-state index in [1.165, 1.54) is 4.90 Å². The molecule has 3 aromatic rings. The van der Waals surface area contributed by atoms with Crippen LogP contribution in [0.1, 0.15) is 29.4 Å². The molecular weight excluding hydrogens is 434 g/mol. The molecule has 1 aromatic carbocycles. The minimum absolute atomic E-state index is 0.0250. The van der Waals surface area contributed by atoms with Gasteiger partial charge in [0.15, 0.2) is 5.76 Å². The van der Waals surface area contributed by atoms with Crippen molar-refractivity contribution < 1.29 is 24.2 Å². The number of methoxy groups -OCH3 is 1. The second-order valence-electron chi connectivity index (χ2n) is 7.99. The van der Waals surface area contributed by atoms with E-state index in [1.54, 1.807) is 48.9 Å². The standard InChI is InChI=1S/C26H27N3O5/c1-4-14-34-19-10-7-9-18(16-19)23-21(25(31)26(32)29(23)13-8-15-33-3)24(30)22-17(2)27-20-11-5-6-12-28(20)22/h4-7,9-12,16,23,30H,1,8,13-15H2,2-3H3/b24-21+. The zero-order chi connectivity index (χ0) is 24.2. The van der Waals surface area contributed by atoms with Crippen molar-refractivity contribution in [1.29, 1.82) is 0 Å². The molecule has 8 nitrogen and oxygen atoms in total. The maximum absolute atomic E-state index is 13.3. The van der Waals surface area contributed by atoms with Crippen molar-refractivity contribution in [3.8, 4) is 5.75 Å². The van der Waals surface area contributed by atoms with Crippen molar-refractivity contribution in [1.82, 2.24) is 14.3 Å². The molecule has 0 radical (unpaired) electrons. The molecule has 2 aromatic heterocycles. The fourth-order valence-electron chi connectivity index (χ4n) is 4.29. The molecule has 1 saturated heterocycles. The van der Waals surface area contributed by atoms with Gasteiger partial charge in [0.1, 0.15) is 23.7 Å². The van der Waals surface area contributed by atoms with Crippen LogP contribution < -0.4 is 4.74 Å². The van der Waals surface area contributed by atoms with E-state index in [0.717, 1.165) is 0 Å². The lowest BCUT2D eigenvalue weighted by molar-refractivity contribution is -0.140. The number of ether oxygens (including phenoxy) is 2. The van der Waals surface area contributed by atoms with E-state index in [-0.39, 0.29) is 11.3 Å². The summed E-state index contributed by atoms with van der Waals surface area (Å²) in [7, 11) is 1.58. The number of nitrogens with zero attached hydrogens (tertiary/aromatic N) is 3. The number of benzene rings is 1. The number of pyridine rings is 1. The Morgan fingerprint density at radius 1 is 1.24 bits per heavy atom. The SMILES string of the molecule is C=CCOc1cccc(C2/C(=C(\O)c3c(C)nc4ccccn34)C(=O)C(=O)N2CCCOC)c1. The van der Waals surface area contributed by atoms with Crippen LogP contribution >= 0.6 is 0 Å². The van der Waals surface area contributed by atoms with Gasteiger partial charge >= 0.3 is 0 Å². The molecular formula is C26H27N3O5. The topological polar surface area (TPSA) is 93.4 Å². The summed E-state index contributed by atoms with van der Waals surface area (Å²) in [5, 5.41) is 11.5. The van der Waals surface area contributed by atoms with E-state index in [0.29, 0.717) is 54.5 Å². The first-order valence-electron chi connectivity index (χ1n) is 11.0. The molecule has 4 rings (SSSR count). The van der Waals surface area contributed by atoms with Crippen LogP contribution in [0.5, 0.6) is 5.75 Å². The second-order valence-corrected chi connectivity index (χ2v) is 7.99. The van der Waals surface area contributed by atoms with Crippen molar-refractivity contribution >= 4 is 23.1 Å². The lowest BCUT2D eigenvalue weighted by Crippen LogP contribution is -2.31. The monoisotopic (exact) mass is 461 g/mol. The summed E-state index contributed by atoms with van der Waals surface area (Å²) < 4.78 is 12.5. The van der Waals surface area contributed by atoms with Gasteiger partial charge in [0.2, 0.25) is 0 Å². The van der Waals surface area contributed by atoms with E-state index >= 15 is 0 Å². The Balaban J connectivity index is 1.88. The number of amides is 1. The van der Waals surface area contributed by atoms with E-state index in [1.807, 2.05) is 24.3 Å². The highest BCUT2D eigenvalue weighted by Gasteiger charge is 2.46. The fourth-order valence-corrected chi connectivity index (χ4v) is 4.29. The van der Waals surface area contributed by atoms with E-state index < -0.39 is 17.7 Å². The van der Waals surface area contributed by atoms with E-state index in [2.05, 4.69) is 11.6 Å². The third kappa shape index (κ3) is 4.20. The smallest absolute Gasteiger partial charge is 0.295 e. The normalized spacial score (nSPS) is 17.5. The van der Waals surface area contributed by atoms with Gasteiger partial charge in [-0.3, -0.25) is 14.0 Å². The van der Waals surface area contributed by atoms with Crippen LogP contribution in [0.25, 0.3) is 11.4 Å². The quantitative estimate of drug-likeness (QED) is 0.172. The van der Waals surface area contributed by atoms with Crippen molar-refractivity contribution in [3.05, 3.63) is 83.8 Å². The third-order valence-corrected chi connectivity index (χ3v) is 5.76. The largest absolute Gasteiger partial charge is 0.505 e. The fraction of sp³-hybridized carbons (Fsp3) is 0.269. The molecule has 176 valence electrons. The molecule has 1 aliphatic heterocycles. The number of imidazole rings is 1. The lowest BCUT2D eigenvalue weighted by Gasteiger charge is -2.25. The number of carbonyl (C=O) groups is 2. The number of rotatable bonds is 9. The minimum atomic E-state index is -0.780. The van der Waals surface area contributed by atoms with Crippen LogP contribution in [0.3, 0.4) is 0 Å². The van der Waals surface area contributed by atoms with Gasteiger partial charge in [0.25, 0.3) is 11.7 Å². The maximum atomic E-state index is 13.3. The predicted octanol–water partition coefficient (Wildman–Crippen LogP) is 3.67. The van der Waals surface area contributed by atoms with Gasteiger partial charge in [-0.25, -0.2) is 4.98 Å². The van der Waals surface area contributed by atoms with Crippen LogP contribution in [0.2, 0.25) is 0 Å². The van der Waals surface area contributed by atoms with Gasteiger partial charge in [0.05, 0.1) is 17.3 Å². The molecule has 1 N–H and O–H groups in total.